The third-order valence-electron chi connectivity index (χ3n) is 5.80. The molecule has 1 unspecified atom stereocenters. The number of carbonyl (C=O) groups is 2. The smallest absolute Gasteiger partial charge is 0.347 e. The Balaban J connectivity index is 1.24. The van der Waals surface area contributed by atoms with Crippen molar-refractivity contribution in [2.45, 2.75) is 59.3 Å². The first-order chi connectivity index (χ1) is 17.2. The van der Waals surface area contributed by atoms with E-state index in [2.05, 4.69) is 97.1 Å². The molecule has 35 heavy (non-hydrogen) atoms. The Labute approximate surface area is 210 Å². The summed E-state index contributed by atoms with van der Waals surface area (Å²) in [4.78, 5) is 27.1. The molecule has 0 bridgehead atoms. The minimum absolute atomic E-state index is 0.129. The van der Waals surface area contributed by atoms with Gasteiger partial charge in [-0.3, -0.25) is 4.79 Å². The Morgan fingerprint density at radius 2 is 1.49 bits per heavy atom. The largest absolute Gasteiger partial charge is 0.463 e. The van der Waals surface area contributed by atoms with E-state index in [4.69, 9.17) is 9.47 Å². The van der Waals surface area contributed by atoms with E-state index in [0.29, 0.717) is 19.4 Å². The van der Waals surface area contributed by atoms with Gasteiger partial charge in [-0.05, 0) is 73.4 Å². The summed E-state index contributed by atoms with van der Waals surface area (Å²) in [6.45, 7) is 0.340. The summed E-state index contributed by atoms with van der Waals surface area (Å²) in [7, 11) is -0.129. The summed E-state index contributed by atoms with van der Waals surface area (Å²) >= 11 is 0. The van der Waals surface area contributed by atoms with E-state index in [1.807, 2.05) is 0 Å². The van der Waals surface area contributed by atoms with Crippen LogP contribution in [0.4, 0.5) is 0 Å². The van der Waals surface area contributed by atoms with Gasteiger partial charge in [-0.1, -0.05) is 55.0 Å². The highest BCUT2D eigenvalue weighted by Crippen LogP contribution is 2.31. The molecule has 1 aliphatic heterocycles. The molecule has 3 aromatic carbocycles. The molecule has 0 aromatic heterocycles. The van der Waals surface area contributed by atoms with Crippen LogP contribution in [0.25, 0.3) is 6.08 Å². The summed E-state index contributed by atoms with van der Waals surface area (Å²) in [5.41, 5.74) is 1.19. The lowest BCUT2D eigenvalue weighted by atomic mass is 10.1. The number of unbranched alkanes of at least 4 members (excludes halogenated alkanes) is 3. The van der Waals surface area contributed by atoms with Crippen LogP contribution in [-0.2, 0) is 30.0 Å². The van der Waals surface area contributed by atoms with Gasteiger partial charge >= 0.3 is 11.9 Å². The van der Waals surface area contributed by atoms with Crippen molar-refractivity contribution < 1.29 is 19.1 Å². The highest BCUT2D eigenvalue weighted by Gasteiger charge is 2.30. The maximum Gasteiger partial charge on any atom is 0.347 e. The Hall–Kier alpha value is -3.31. The molecule has 180 valence electrons. The van der Waals surface area contributed by atoms with Gasteiger partial charge in [-0.2, -0.15) is 0 Å². The fraction of sp³-hybridized carbons (Fsp3) is 0.267. The van der Waals surface area contributed by atoms with Crippen LogP contribution in [0, 0.1) is 0 Å². The van der Waals surface area contributed by atoms with E-state index in [-0.39, 0.29) is 16.9 Å². The average Bonchev–Trinajstić information content (AvgIpc) is 3.29. The third-order valence-corrected chi connectivity index (χ3v) is 8.03. The van der Waals surface area contributed by atoms with Crippen molar-refractivity contribution in [3.05, 3.63) is 96.6 Å². The molecule has 5 heteroatoms. The maximum absolute atomic E-state index is 11.8. The average molecular weight is 488 g/mol. The van der Waals surface area contributed by atoms with Crippen LogP contribution in [0.1, 0.15) is 44.1 Å². The van der Waals surface area contributed by atoms with Gasteiger partial charge in [0.2, 0.25) is 6.10 Å². The third kappa shape index (κ3) is 7.33. The van der Waals surface area contributed by atoms with E-state index in [1.54, 1.807) is 0 Å². The van der Waals surface area contributed by atoms with Crippen LogP contribution in [0.3, 0.4) is 0 Å². The van der Waals surface area contributed by atoms with Crippen LogP contribution in [0.2, 0.25) is 0 Å². The van der Waals surface area contributed by atoms with Crippen molar-refractivity contribution in [2.75, 3.05) is 6.61 Å². The van der Waals surface area contributed by atoms with Crippen LogP contribution in [-0.4, -0.2) is 24.6 Å². The molecule has 4 rings (SSSR count). The van der Waals surface area contributed by atoms with Crippen molar-refractivity contribution in [1.29, 1.82) is 0 Å². The van der Waals surface area contributed by atoms with Crippen LogP contribution >= 0.6 is 0 Å². The van der Waals surface area contributed by atoms with Gasteiger partial charge in [-0.25, -0.2) is 4.79 Å². The second-order valence-electron chi connectivity index (χ2n) is 8.44. The fourth-order valence-electron chi connectivity index (χ4n) is 3.97. The zero-order valence-corrected chi connectivity index (χ0v) is 20.6. The van der Waals surface area contributed by atoms with E-state index in [0.717, 1.165) is 25.7 Å². The van der Waals surface area contributed by atoms with E-state index < -0.39 is 12.1 Å². The molecular formula is C30H31O4S+. The highest BCUT2D eigenvalue weighted by atomic mass is 32.2. The van der Waals surface area contributed by atoms with E-state index in [1.165, 1.54) is 20.2 Å². The Bertz CT molecular complexity index is 1070. The molecule has 0 amide bonds. The van der Waals surface area contributed by atoms with Gasteiger partial charge in [0.1, 0.15) is 0 Å². The molecule has 0 spiro atoms. The molecular weight excluding hydrogens is 456 g/mol. The van der Waals surface area contributed by atoms with E-state index in [9.17, 15) is 9.59 Å². The summed E-state index contributed by atoms with van der Waals surface area (Å²) in [6, 6.07) is 30.2. The zero-order chi connectivity index (χ0) is 24.3. The van der Waals surface area contributed by atoms with Crippen LogP contribution in [0.5, 0.6) is 0 Å². The number of hydrogen-bond donors (Lipinski definition) is 0. The summed E-state index contributed by atoms with van der Waals surface area (Å²) in [5, 5.41) is 0. The molecule has 0 aliphatic carbocycles. The fourth-order valence-corrected chi connectivity index (χ4v) is 6.05. The Morgan fingerprint density at radius 1 is 0.857 bits per heavy atom. The van der Waals surface area contributed by atoms with Crippen molar-refractivity contribution in [2.24, 2.45) is 0 Å². The molecule has 0 radical (unpaired) electrons. The summed E-state index contributed by atoms with van der Waals surface area (Å²) in [5.74, 6) is -0.734. The predicted molar refractivity (Wildman–Crippen MR) is 139 cm³/mol. The van der Waals surface area contributed by atoms with Gasteiger partial charge in [0.15, 0.2) is 14.7 Å². The van der Waals surface area contributed by atoms with Crippen LogP contribution in [0.15, 0.2) is 106 Å². The first kappa shape index (κ1) is 24.8. The Kier molecular flexibility index (Phi) is 9.18. The number of allylic oxidation sites excluding steroid dienone is 1. The molecule has 3 aromatic rings. The van der Waals surface area contributed by atoms with Crippen LogP contribution < -0.4 is 0 Å². The summed E-state index contributed by atoms with van der Waals surface area (Å²) < 4.78 is 9.97. The van der Waals surface area contributed by atoms with Gasteiger partial charge in [-0.15, -0.1) is 0 Å². The summed E-state index contributed by atoms with van der Waals surface area (Å²) in [6.07, 6.45) is 8.16. The van der Waals surface area contributed by atoms with Gasteiger partial charge < -0.3 is 9.47 Å². The Morgan fingerprint density at radius 3 is 2.09 bits per heavy atom. The number of esters is 2. The maximum atomic E-state index is 11.8. The predicted octanol–water partition coefficient (Wildman–Crippen LogP) is 6.60. The van der Waals surface area contributed by atoms with Crippen molar-refractivity contribution >= 4 is 28.9 Å². The first-order valence-electron chi connectivity index (χ1n) is 12.2. The molecule has 4 nitrogen and oxygen atoms in total. The van der Waals surface area contributed by atoms with Gasteiger partial charge in [0.05, 0.1) is 17.5 Å². The second-order valence-corrected chi connectivity index (χ2v) is 10.5. The quantitative estimate of drug-likeness (QED) is 0.174. The molecule has 0 N–H and O–H groups in total. The van der Waals surface area contributed by atoms with Crippen molar-refractivity contribution in [1.82, 2.24) is 0 Å². The lowest BCUT2D eigenvalue weighted by molar-refractivity contribution is -0.160. The standard InChI is InChI=1S/C30H31O4S/c31-29(34-28-22-23-33-30(28)32)17-11-3-1-2-6-12-24-18-20-27(21-19-24)35(25-13-7-4-8-14-25)26-15-9-5-10-16-26/h4-10,12-16,18-21,28H,1-3,11,17,22-23H2/q+1/b12-6+. The SMILES string of the molecule is O=C(CCCCC/C=C/c1ccc([S+](c2ccccc2)c2ccccc2)cc1)OC1CCOC1=O. The number of hydrogen-bond acceptors (Lipinski definition) is 4. The number of carbonyl (C=O) groups excluding carboxylic acids is 2. The number of rotatable bonds is 11. The molecule has 0 saturated carbocycles. The van der Waals surface area contributed by atoms with Crippen molar-refractivity contribution in [3.8, 4) is 0 Å². The lowest BCUT2D eigenvalue weighted by Gasteiger charge is -2.08. The van der Waals surface area contributed by atoms with Crippen molar-refractivity contribution in [3.63, 3.8) is 0 Å². The minimum atomic E-state index is -0.701. The molecule has 1 heterocycles. The minimum Gasteiger partial charge on any atom is -0.463 e. The molecule has 1 atom stereocenters. The highest BCUT2D eigenvalue weighted by molar-refractivity contribution is 7.97. The lowest BCUT2D eigenvalue weighted by Crippen LogP contribution is -2.22. The number of benzene rings is 3. The number of ether oxygens (including phenoxy) is 2. The molecule has 1 fully saturated rings. The topological polar surface area (TPSA) is 52.6 Å². The normalized spacial score (nSPS) is 15.5. The molecule has 1 aliphatic rings. The second kappa shape index (κ2) is 13.0. The zero-order valence-electron chi connectivity index (χ0n) is 19.8. The van der Waals surface area contributed by atoms with Gasteiger partial charge in [0.25, 0.3) is 0 Å². The number of cyclic esters (lactones) is 1. The van der Waals surface area contributed by atoms with Gasteiger partial charge in [0, 0.05) is 12.8 Å². The molecule has 1 saturated heterocycles. The van der Waals surface area contributed by atoms with E-state index >= 15 is 0 Å². The first-order valence-corrected chi connectivity index (χ1v) is 13.4. The monoisotopic (exact) mass is 487 g/mol.